The summed E-state index contributed by atoms with van der Waals surface area (Å²) >= 11 is 0. The minimum absolute atomic E-state index is 0.373. The summed E-state index contributed by atoms with van der Waals surface area (Å²) in [6, 6.07) is 0.494. The van der Waals surface area contributed by atoms with Crippen LogP contribution in [-0.4, -0.2) is 58.1 Å². The molecule has 0 atom stereocenters. The van der Waals surface area contributed by atoms with Gasteiger partial charge in [0.25, 0.3) is 0 Å². The van der Waals surface area contributed by atoms with Crippen LogP contribution in [0, 0.1) is 13.8 Å². The number of likely N-dealkylation sites (tertiary alicyclic amines) is 2. The molecular weight excluding hydrogens is 264 g/mol. The summed E-state index contributed by atoms with van der Waals surface area (Å²) in [5.74, 6) is 0.373. The van der Waals surface area contributed by atoms with Crippen LogP contribution in [0.1, 0.15) is 42.6 Å². The zero-order chi connectivity index (χ0) is 14.8. The van der Waals surface area contributed by atoms with Crippen molar-refractivity contribution in [1.82, 2.24) is 20.0 Å². The van der Waals surface area contributed by atoms with Crippen molar-refractivity contribution in [1.29, 1.82) is 0 Å². The molecule has 5 nitrogen and oxygen atoms in total. The van der Waals surface area contributed by atoms with Crippen LogP contribution < -0.4 is 0 Å². The fourth-order valence-electron chi connectivity index (χ4n) is 3.72. The molecule has 1 amide bonds. The number of hydrogen-bond acceptors (Lipinski definition) is 3. The number of rotatable bonds is 4. The first-order chi connectivity index (χ1) is 10.1. The highest BCUT2D eigenvalue weighted by molar-refractivity contribution is 5.78. The van der Waals surface area contributed by atoms with Crippen molar-refractivity contribution in [3.8, 4) is 0 Å². The summed E-state index contributed by atoms with van der Waals surface area (Å²) in [5, 5.41) is 7.33. The molecule has 0 aliphatic carbocycles. The van der Waals surface area contributed by atoms with Gasteiger partial charge in [0.15, 0.2) is 0 Å². The van der Waals surface area contributed by atoms with Crippen molar-refractivity contribution >= 4 is 5.91 Å². The van der Waals surface area contributed by atoms with E-state index in [1.165, 1.54) is 11.3 Å². The Bertz CT molecular complexity index is 483. The number of carbonyl (C=O) groups excluding carboxylic acids is 1. The standard InChI is InChI=1S/C16H26N4O/c1-12-15(13(2)18-17-12)7-11-19-9-5-14(6-10-19)20-8-3-4-16(20)21/h14H,3-11H2,1-2H3,(H,17,18). The fraction of sp³-hybridized carbons (Fsp3) is 0.750. The van der Waals surface area contributed by atoms with E-state index >= 15 is 0 Å². The molecule has 0 unspecified atom stereocenters. The van der Waals surface area contributed by atoms with Crippen LogP contribution in [0.2, 0.25) is 0 Å². The van der Waals surface area contributed by atoms with Gasteiger partial charge in [-0.15, -0.1) is 0 Å². The van der Waals surface area contributed by atoms with Crippen LogP contribution in [0.3, 0.4) is 0 Å². The molecule has 0 saturated carbocycles. The third kappa shape index (κ3) is 3.12. The monoisotopic (exact) mass is 290 g/mol. The summed E-state index contributed by atoms with van der Waals surface area (Å²) < 4.78 is 0. The van der Waals surface area contributed by atoms with E-state index in [1.54, 1.807) is 0 Å². The number of piperidine rings is 1. The predicted octanol–water partition coefficient (Wildman–Crippen LogP) is 1.66. The van der Waals surface area contributed by atoms with Crippen molar-refractivity contribution in [3.05, 3.63) is 17.0 Å². The molecular formula is C16H26N4O. The minimum Gasteiger partial charge on any atom is -0.340 e. The topological polar surface area (TPSA) is 52.2 Å². The van der Waals surface area contributed by atoms with Gasteiger partial charge >= 0.3 is 0 Å². The predicted molar refractivity (Wildman–Crippen MR) is 82.2 cm³/mol. The Morgan fingerprint density at radius 3 is 2.57 bits per heavy atom. The number of aromatic nitrogens is 2. The van der Waals surface area contributed by atoms with E-state index in [4.69, 9.17) is 0 Å². The number of aromatic amines is 1. The second-order valence-corrected chi connectivity index (χ2v) is 6.43. The zero-order valence-corrected chi connectivity index (χ0v) is 13.2. The first-order valence-corrected chi connectivity index (χ1v) is 8.17. The van der Waals surface area contributed by atoms with E-state index in [0.717, 1.165) is 64.0 Å². The lowest BCUT2D eigenvalue weighted by Crippen LogP contribution is -2.45. The van der Waals surface area contributed by atoms with Crippen LogP contribution in [0.4, 0.5) is 0 Å². The summed E-state index contributed by atoms with van der Waals surface area (Å²) in [7, 11) is 0. The number of nitrogens with zero attached hydrogens (tertiary/aromatic N) is 3. The second-order valence-electron chi connectivity index (χ2n) is 6.43. The molecule has 21 heavy (non-hydrogen) atoms. The Morgan fingerprint density at radius 1 is 1.24 bits per heavy atom. The molecule has 2 fully saturated rings. The SMILES string of the molecule is Cc1n[nH]c(C)c1CCN1CCC(N2CCCC2=O)CC1. The maximum Gasteiger partial charge on any atom is 0.222 e. The molecule has 1 aromatic rings. The minimum atomic E-state index is 0.373. The maximum atomic E-state index is 11.8. The maximum absolute atomic E-state index is 11.8. The Balaban J connectivity index is 1.47. The van der Waals surface area contributed by atoms with E-state index in [-0.39, 0.29) is 0 Å². The van der Waals surface area contributed by atoms with E-state index in [1.807, 2.05) is 0 Å². The summed E-state index contributed by atoms with van der Waals surface area (Å²) in [6.45, 7) is 8.48. The van der Waals surface area contributed by atoms with Gasteiger partial charge in [-0.2, -0.15) is 5.10 Å². The van der Waals surface area contributed by atoms with Gasteiger partial charge in [-0.3, -0.25) is 9.89 Å². The Kier molecular flexibility index (Phi) is 4.29. The molecule has 3 rings (SSSR count). The van der Waals surface area contributed by atoms with Crippen molar-refractivity contribution in [3.63, 3.8) is 0 Å². The van der Waals surface area contributed by atoms with E-state index < -0.39 is 0 Å². The lowest BCUT2D eigenvalue weighted by Gasteiger charge is -2.36. The van der Waals surface area contributed by atoms with E-state index in [9.17, 15) is 4.79 Å². The normalized spacial score (nSPS) is 21.4. The van der Waals surface area contributed by atoms with Crippen LogP contribution >= 0.6 is 0 Å². The molecule has 5 heteroatoms. The van der Waals surface area contributed by atoms with Gasteiger partial charge in [-0.1, -0.05) is 0 Å². The molecule has 0 aromatic carbocycles. The molecule has 2 aliphatic rings. The average molecular weight is 290 g/mol. The van der Waals surface area contributed by atoms with E-state index in [0.29, 0.717) is 11.9 Å². The average Bonchev–Trinajstić information content (AvgIpc) is 3.04. The van der Waals surface area contributed by atoms with Crippen molar-refractivity contribution in [2.24, 2.45) is 0 Å². The number of nitrogens with one attached hydrogen (secondary N) is 1. The third-order valence-electron chi connectivity index (χ3n) is 5.07. The molecule has 0 spiro atoms. The third-order valence-corrected chi connectivity index (χ3v) is 5.07. The van der Waals surface area contributed by atoms with Crippen molar-refractivity contribution in [2.45, 2.75) is 52.0 Å². The van der Waals surface area contributed by atoms with E-state index in [2.05, 4.69) is 33.8 Å². The molecule has 1 N–H and O–H groups in total. The Labute approximate surface area is 126 Å². The van der Waals surface area contributed by atoms with Crippen LogP contribution in [0.5, 0.6) is 0 Å². The Morgan fingerprint density at radius 2 is 2.00 bits per heavy atom. The van der Waals surface area contributed by atoms with Gasteiger partial charge in [-0.25, -0.2) is 0 Å². The molecule has 0 bridgehead atoms. The lowest BCUT2D eigenvalue weighted by molar-refractivity contribution is -0.130. The van der Waals surface area contributed by atoms with Gasteiger partial charge in [0.2, 0.25) is 5.91 Å². The van der Waals surface area contributed by atoms with Gasteiger partial charge in [0, 0.05) is 44.3 Å². The van der Waals surface area contributed by atoms with Gasteiger partial charge in [0.1, 0.15) is 0 Å². The summed E-state index contributed by atoms with van der Waals surface area (Å²) in [4.78, 5) is 16.5. The fourth-order valence-corrected chi connectivity index (χ4v) is 3.72. The molecule has 2 aliphatic heterocycles. The van der Waals surface area contributed by atoms with Gasteiger partial charge < -0.3 is 9.80 Å². The smallest absolute Gasteiger partial charge is 0.222 e. The van der Waals surface area contributed by atoms with Crippen molar-refractivity contribution in [2.75, 3.05) is 26.2 Å². The molecule has 2 saturated heterocycles. The highest BCUT2D eigenvalue weighted by atomic mass is 16.2. The van der Waals surface area contributed by atoms with Gasteiger partial charge in [-0.05, 0) is 45.1 Å². The summed E-state index contributed by atoms with van der Waals surface area (Å²) in [5.41, 5.74) is 3.70. The molecule has 1 aromatic heterocycles. The largest absolute Gasteiger partial charge is 0.340 e. The highest BCUT2D eigenvalue weighted by Gasteiger charge is 2.30. The van der Waals surface area contributed by atoms with Crippen molar-refractivity contribution < 1.29 is 4.79 Å². The number of H-pyrrole nitrogens is 1. The Hall–Kier alpha value is -1.36. The number of aryl methyl sites for hydroxylation is 2. The highest BCUT2D eigenvalue weighted by Crippen LogP contribution is 2.22. The lowest BCUT2D eigenvalue weighted by atomic mass is 10.0. The number of hydrogen-bond donors (Lipinski definition) is 1. The first-order valence-electron chi connectivity index (χ1n) is 8.17. The first kappa shape index (κ1) is 14.6. The number of amides is 1. The number of carbonyl (C=O) groups is 1. The second kappa shape index (κ2) is 6.18. The van der Waals surface area contributed by atoms with Crippen LogP contribution in [0.15, 0.2) is 0 Å². The zero-order valence-electron chi connectivity index (χ0n) is 13.2. The molecule has 3 heterocycles. The van der Waals surface area contributed by atoms with Crippen LogP contribution in [0.25, 0.3) is 0 Å². The molecule has 116 valence electrons. The van der Waals surface area contributed by atoms with Crippen LogP contribution in [-0.2, 0) is 11.2 Å². The quantitative estimate of drug-likeness (QED) is 0.917. The van der Waals surface area contributed by atoms with Gasteiger partial charge in [0.05, 0.1) is 5.69 Å². The summed E-state index contributed by atoms with van der Waals surface area (Å²) in [6.07, 6.45) is 5.16. The molecule has 0 radical (unpaired) electrons.